The van der Waals surface area contributed by atoms with E-state index < -0.39 is 0 Å². The van der Waals surface area contributed by atoms with Crippen LogP contribution in [0.4, 0.5) is 0 Å². The molecule has 0 aliphatic rings. The largest absolute Gasteiger partial charge is 0.490 e. The van der Waals surface area contributed by atoms with E-state index in [-0.39, 0.29) is 12.6 Å². The molecule has 0 aromatic heterocycles. The maximum absolute atomic E-state index is 9.28. The molecule has 0 bridgehead atoms. The lowest BCUT2D eigenvalue weighted by molar-refractivity contribution is 0.238. The molecule has 0 amide bonds. The molecule has 2 N–H and O–H groups in total. The molecule has 1 atom stereocenters. The number of benzene rings is 2. The van der Waals surface area contributed by atoms with Gasteiger partial charge in [0.05, 0.1) is 13.2 Å². The Bertz CT molecular complexity index is 653. The van der Waals surface area contributed by atoms with Crippen LogP contribution in [0.25, 0.3) is 0 Å². The summed E-state index contributed by atoms with van der Waals surface area (Å²) in [7, 11) is 0. The Morgan fingerprint density at radius 1 is 1.04 bits per heavy atom. The summed E-state index contributed by atoms with van der Waals surface area (Å²) in [6.07, 6.45) is 0.895. The minimum absolute atomic E-state index is 0.118. The van der Waals surface area contributed by atoms with Crippen LogP contribution in [-0.2, 0) is 13.2 Å². The zero-order valence-corrected chi connectivity index (χ0v) is 15.4. The molecule has 0 heterocycles. The Kier molecular flexibility index (Phi) is 7.76. The molecule has 25 heavy (non-hydrogen) atoms. The molecule has 0 aliphatic carbocycles. The summed E-state index contributed by atoms with van der Waals surface area (Å²) in [5.74, 6) is 1.51. The van der Waals surface area contributed by atoms with Gasteiger partial charge in [0.25, 0.3) is 0 Å². The fourth-order valence-corrected chi connectivity index (χ4v) is 2.58. The van der Waals surface area contributed by atoms with E-state index in [1.165, 1.54) is 11.1 Å². The molecular weight excluding hydrogens is 314 g/mol. The number of aliphatic hydroxyl groups is 1. The first-order valence-corrected chi connectivity index (χ1v) is 8.95. The summed E-state index contributed by atoms with van der Waals surface area (Å²) in [6, 6.07) is 14.3. The van der Waals surface area contributed by atoms with Crippen molar-refractivity contribution in [3.8, 4) is 11.5 Å². The molecule has 2 rings (SSSR count). The second-order valence-electron chi connectivity index (χ2n) is 6.10. The van der Waals surface area contributed by atoms with Crippen LogP contribution in [0.15, 0.2) is 42.5 Å². The van der Waals surface area contributed by atoms with Crippen LogP contribution in [-0.4, -0.2) is 24.4 Å². The SMILES string of the molecule is CCOc1cc(CN[C@@H](CC)CO)ccc1OCc1ccccc1C. The number of aliphatic hydroxyl groups excluding tert-OH is 1. The van der Waals surface area contributed by atoms with Crippen molar-refractivity contribution in [2.75, 3.05) is 13.2 Å². The van der Waals surface area contributed by atoms with Crippen LogP contribution >= 0.6 is 0 Å². The predicted octanol–water partition coefficient (Wildman–Crippen LogP) is 3.83. The van der Waals surface area contributed by atoms with E-state index in [1.54, 1.807) is 0 Å². The van der Waals surface area contributed by atoms with Crippen molar-refractivity contribution in [3.05, 3.63) is 59.2 Å². The second-order valence-corrected chi connectivity index (χ2v) is 6.10. The Balaban J connectivity index is 2.06. The molecule has 4 nitrogen and oxygen atoms in total. The van der Waals surface area contributed by atoms with Gasteiger partial charge < -0.3 is 19.9 Å². The summed E-state index contributed by atoms with van der Waals surface area (Å²) < 4.78 is 11.7. The van der Waals surface area contributed by atoms with Gasteiger partial charge in [-0.25, -0.2) is 0 Å². The summed E-state index contributed by atoms with van der Waals surface area (Å²) in [5, 5.41) is 12.6. The maximum Gasteiger partial charge on any atom is 0.161 e. The van der Waals surface area contributed by atoms with Gasteiger partial charge in [0.2, 0.25) is 0 Å². The fourth-order valence-electron chi connectivity index (χ4n) is 2.58. The number of hydrogen-bond donors (Lipinski definition) is 2. The van der Waals surface area contributed by atoms with Gasteiger partial charge in [-0.05, 0) is 49.1 Å². The van der Waals surface area contributed by atoms with Crippen molar-refractivity contribution < 1.29 is 14.6 Å². The quantitative estimate of drug-likeness (QED) is 0.688. The van der Waals surface area contributed by atoms with Gasteiger partial charge in [-0.2, -0.15) is 0 Å². The summed E-state index contributed by atoms with van der Waals surface area (Å²) in [4.78, 5) is 0. The first kappa shape index (κ1) is 19.3. The van der Waals surface area contributed by atoms with E-state index in [0.29, 0.717) is 19.8 Å². The lowest BCUT2D eigenvalue weighted by Gasteiger charge is -2.16. The van der Waals surface area contributed by atoms with Gasteiger partial charge in [0.15, 0.2) is 11.5 Å². The first-order chi connectivity index (χ1) is 12.2. The molecule has 0 saturated heterocycles. The monoisotopic (exact) mass is 343 g/mol. The third-order valence-corrected chi connectivity index (χ3v) is 4.26. The lowest BCUT2D eigenvalue weighted by atomic mass is 10.1. The van der Waals surface area contributed by atoms with Gasteiger partial charge in [-0.3, -0.25) is 0 Å². The Morgan fingerprint density at radius 3 is 2.52 bits per heavy atom. The minimum Gasteiger partial charge on any atom is -0.490 e. The van der Waals surface area contributed by atoms with Gasteiger partial charge >= 0.3 is 0 Å². The van der Waals surface area contributed by atoms with Crippen molar-refractivity contribution in [2.24, 2.45) is 0 Å². The summed E-state index contributed by atoms with van der Waals surface area (Å²) in [5.41, 5.74) is 3.50. The van der Waals surface area contributed by atoms with Crippen LogP contribution in [0.5, 0.6) is 11.5 Å². The lowest BCUT2D eigenvalue weighted by Crippen LogP contribution is -2.31. The number of rotatable bonds is 10. The third-order valence-electron chi connectivity index (χ3n) is 4.26. The fraction of sp³-hybridized carbons (Fsp3) is 0.429. The normalized spacial score (nSPS) is 12.0. The molecule has 2 aromatic rings. The Morgan fingerprint density at radius 2 is 1.84 bits per heavy atom. The molecular formula is C21H29NO3. The van der Waals surface area contributed by atoms with E-state index in [4.69, 9.17) is 9.47 Å². The first-order valence-electron chi connectivity index (χ1n) is 8.95. The van der Waals surface area contributed by atoms with Gasteiger partial charge in [-0.1, -0.05) is 37.3 Å². The standard InChI is InChI=1S/C21H29NO3/c1-4-19(14-23)22-13-17-10-11-20(21(12-17)24-5-2)25-15-18-9-7-6-8-16(18)3/h6-12,19,22-23H,4-5,13-15H2,1-3H3/t19-/m0/s1. The highest BCUT2D eigenvalue weighted by Gasteiger charge is 2.09. The average Bonchev–Trinajstić information content (AvgIpc) is 2.63. The number of nitrogens with one attached hydrogen (secondary N) is 1. The molecule has 0 radical (unpaired) electrons. The highest BCUT2D eigenvalue weighted by molar-refractivity contribution is 5.43. The van der Waals surface area contributed by atoms with Crippen LogP contribution < -0.4 is 14.8 Å². The van der Waals surface area contributed by atoms with Gasteiger partial charge in [0, 0.05) is 12.6 Å². The minimum atomic E-state index is 0.118. The molecule has 0 unspecified atom stereocenters. The molecule has 2 aromatic carbocycles. The predicted molar refractivity (Wildman–Crippen MR) is 101 cm³/mol. The second kappa shape index (κ2) is 10.1. The molecule has 0 saturated carbocycles. The zero-order chi connectivity index (χ0) is 18.1. The topological polar surface area (TPSA) is 50.7 Å². The average molecular weight is 343 g/mol. The van der Waals surface area contributed by atoms with Crippen LogP contribution in [0.2, 0.25) is 0 Å². The summed E-state index contributed by atoms with van der Waals surface area (Å²) in [6.45, 7) is 8.06. The van der Waals surface area contributed by atoms with Crippen molar-refractivity contribution in [1.29, 1.82) is 0 Å². The van der Waals surface area contributed by atoms with E-state index in [1.807, 2.05) is 37.3 Å². The van der Waals surface area contributed by atoms with Gasteiger partial charge in [-0.15, -0.1) is 0 Å². The molecule has 0 fully saturated rings. The molecule has 0 spiro atoms. The maximum atomic E-state index is 9.28. The highest BCUT2D eigenvalue weighted by Crippen LogP contribution is 2.29. The Hall–Kier alpha value is -2.04. The van der Waals surface area contributed by atoms with Crippen molar-refractivity contribution in [2.45, 2.75) is 46.4 Å². The van der Waals surface area contributed by atoms with Gasteiger partial charge in [0.1, 0.15) is 6.61 Å². The molecule has 136 valence electrons. The number of hydrogen-bond acceptors (Lipinski definition) is 4. The molecule has 0 aliphatic heterocycles. The van der Waals surface area contributed by atoms with Crippen LogP contribution in [0.3, 0.4) is 0 Å². The Labute approximate surface area is 150 Å². The van der Waals surface area contributed by atoms with E-state index in [0.717, 1.165) is 23.5 Å². The van der Waals surface area contributed by atoms with E-state index in [9.17, 15) is 5.11 Å². The molecule has 4 heteroatoms. The third kappa shape index (κ3) is 5.76. The van der Waals surface area contributed by atoms with Crippen LogP contribution in [0.1, 0.15) is 37.0 Å². The van der Waals surface area contributed by atoms with Crippen molar-refractivity contribution in [1.82, 2.24) is 5.32 Å². The highest BCUT2D eigenvalue weighted by atomic mass is 16.5. The zero-order valence-electron chi connectivity index (χ0n) is 15.4. The number of ether oxygens (including phenoxy) is 2. The summed E-state index contributed by atoms with van der Waals surface area (Å²) >= 11 is 0. The van der Waals surface area contributed by atoms with Crippen LogP contribution in [0, 0.1) is 6.92 Å². The van der Waals surface area contributed by atoms with E-state index in [2.05, 4.69) is 31.3 Å². The number of aryl methyl sites for hydroxylation is 1. The smallest absolute Gasteiger partial charge is 0.161 e. The van der Waals surface area contributed by atoms with E-state index >= 15 is 0 Å². The van der Waals surface area contributed by atoms with Crippen molar-refractivity contribution in [3.63, 3.8) is 0 Å². The van der Waals surface area contributed by atoms with Crippen molar-refractivity contribution >= 4 is 0 Å².